The summed E-state index contributed by atoms with van der Waals surface area (Å²) in [5.74, 6) is 0. The Balaban J connectivity index is 1.52. The second-order valence-electron chi connectivity index (χ2n) is 6.37. The number of benzene rings is 1. The maximum Gasteiger partial charge on any atom is 0.0917 e. The van der Waals surface area contributed by atoms with E-state index in [4.69, 9.17) is 0 Å². The number of aliphatic hydroxyl groups is 1. The quantitative estimate of drug-likeness (QED) is 0.920. The summed E-state index contributed by atoms with van der Waals surface area (Å²) < 4.78 is 0. The lowest BCUT2D eigenvalue weighted by Crippen LogP contribution is -2.52. The molecular weight excluding hydrogens is 286 g/mol. The number of hydrogen-bond donors (Lipinski definition) is 1. The zero-order valence-electron chi connectivity index (χ0n) is 13.7. The molecule has 1 fully saturated rings. The number of pyridine rings is 1. The molecule has 0 aliphatic carbocycles. The van der Waals surface area contributed by atoms with Gasteiger partial charge in [0.2, 0.25) is 0 Å². The molecule has 0 bridgehead atoms. The first-order chi connectivity index (χ1) is 11.2. The van der Waals surface area contributed by atoms with Crippen LogP contribution in [0.2, 0.25) is 0 Å². The van der Waals surface area contributed by atoms with Crippen LogP contribution in [-0.2, 0) is 6.54 Å². The van der Waals surface area contributed by atoms with Gasteiger partial charge in [-0.1, -0.05) is 36.4 Å². The van der Waals surface area contributed by atoms with Crippen molar-refractivity contribution in [3.8, 4) is 0 Å². The molecule has 1 aromatic heterocycles. The summed E-state index contributed by atoms with van der Waals surface area (Å²) in [5, 5.41) is 10.4. The van der Waals surface area contributed by atoms with Crippen molar-refractivity contribution in [2.75, 3.05) is 26.2 Å². The van der Waals surface area contributed by atoms with Crippen molar-refractivity contribution in [2.45, 2.75) is 25.6 Å². The minimum Gasteiger partial charge on any atom is -0.387 e. The lowest BCUT2D eigenvalue weighted by molar-refractivity contribution is 0.0362. The fourth-order valence-electron chi connectivity index (χ4n) is 3.24. The molecule has 23 heavy (non-hydrogen) atoms. The molecule has 0 amide bonds. The Morgan fingerprint density at radius 3 is 2.70 bits per heavy atom. The third-order valence-corrected chi connectivity index (χ3v) is 4.57. The van der Waals surface area contributed by atoms with E-state index in [1.165, 1.54) is 5.56 Å². The van der Waals surface area contributed by atoms with Crippen molar-refractivity contribution < 1.29 is 5.11 Å². The molecule has 1 aromatic carbocycles. The Kier molecular flexibility index (Phi) is 5.39. The zero-order chi connectivity index (χ0) is 16.1. The SMILES string of the molecule is C[C@@H]1CN(Cc2cccnc2)CCN1C[C@@H](O)c1ccccc1. The van der Waals surface area contributed by atoms with Crippen LogP contribution >= 0.6 is 0 Å². The van der Waals surface area contributed by atoms with E-state index >= 15 is 0 Å². The van der Waals surface area contributed by atoms with E-state index in [9.17, 15) is 5.11 Å². The number of nitrogens with zero attached hydrogens (tertiary/aromatic N) is 3. The molecule has 1 aliphatic heterocycles. The van der Waals surface area contributed by atoms with E-state index in [-0.39, 0.29) is 0 Å². The molecule has 0 saturated carbocycles. The van der Waals surface area contributed by atoms with Gasteiger partial charge in [-0.05, 0) is 24.1 Å². The zero-order valence-corrected chi connectivity index (χ0v) is 13.7. The maximum atomic E-state index is 10.4. The Labute approximate surface area is 138 Å². The Hall–Kier alpha value is -1.75. The van der Waals surface area contributed by atoms with Crippen LogP contribution in [0.3, 0.4) is 0 Å². The lowest BCUT2D eigenvalue weighted by Gasteiger charge is -2.40. The van der Waals surface area contributed by atoms with Gasteiger partial charge in [0.15, 0.2) is 0 Å². The van der Waals surface area contributed by atoms with Crippen molar-refractivity contribution in [1.82, 2.24) is 14.8 Å². The third-order valence-electron chi connectivity index (χ3n) is 4.57. The monoisotopic (exact) mass is 311 g/mol. The third kappa shape index (κ3) is 4.38. The molecule has 1 aliphatic rings. The molecule has 4 nitrogen and oxygen atoms in total. The minimum absolute atomic E-state index is 0.413. The lowest BCUT2D eigenvalue weighted by atomic mass is 10.1. The fraction of sp³-hybridized carbons (Fsp3) is 0.421. The molecule has 1 N–H and O–H groups in total. The van der Waals surface area contributed by atoms with E-state index in [1.54, 1.807) is 0 Å². The molecule has 4 heteroatoms. The Morgan fingerprint density at radius 1 is 1.17 bits per heavy atom. The van der Waals surface area contributed by atoms with Crippen molar-refractivity contribution in [1.29, 1.82) is 0 Å². The van der Waals surface area contributed by atoms with Gasteiger partial charge in [0.05, 0.1) is 6.10 Å². The highest BCUT2D eigenvalue weighted by Crippen LogP contribution is 2.18. The van der Waals surface area contributed by atoms with Gasteiger partial charge in [-0.15, -0.1) is 0 Å². The molecule has 0 spiro atoms. The van der Waals surface area contributed by atoms with E-state index < -0.39 is 6.10 Å². The minimum atomic E-state index is -0.413. The molecule has 3 rings (SSSR count). The summed E-state index contributed by atoms with van der Waals surface area (Å²) in [6, 6.07) is 14.5. The van der Waals surface area contributed by atoms with E-state index in [0.29, 0.717) is 12.6 Å². The average molecular weight is 311 g/mol. The molecule has 0 unspecified atom stereocenters. The number of β-amino-alcohol motifs (C(OH)–C–C–N with tert-alkyl or cyclic N) is 1. The highest BCUT2D eigenvalue weighted by Gasteiger charge is 2.25. The number of aromatic nitrogens is 1. The smallest absolute Gasteiger partial charge is 0.0917 e. The molecule has 2 atom stereocenters. The first-order valence-corrected chi connectivity index (χ1v) is 8.30. The summed E-state index contributed by atoms with van der Waals surface area (Å²) in [7, 11) is 0. The van der Waals surface area contributed by atoms with Crippen LogP contribution < -0.4 is 0 Å². The first-order valence-electron chi connectivity index (χ1n) is 8.30. The van der Waals surface area contributed by atoms with Gasteiger partial charge < -0.3 is 5.11 Å². The summed E-state index contributed by atoms with van der Waals surface area (Å²) in [6.45, 7) is 6.94. The highest BCUT2D eigenvalue weighted by molar-refractivity contribution is 5.17. The van der Waals surface area contributed by atoms with Crippen molar-refractivity contribution in [3.05, 3.63) is 66.0 Å². The topological polar surface area (TPSA) is 39.6 Å². The van der Waals surface area contributed by atoms with Crippen LogP contribution in [0, 0.1) is 0 Å². The Bertz CT molecular complexity index is 590. The summed E-state index contributed by atoms with van der Waals surface area (Å²) in [6.07, 6.45) is 3.34. The van der Waals surface area contributed by atoms with E-state index in [1.807, 2.05) is 48.8 Å². The summed E-state index contributed by atoms with van der Waals surface area (Å²) in [4.78, 5) is 9.04. The second-order valence-corrected chi connectivity index (χ2v) is 6.37. The first kappa shape index (κ1) is 16.1. The summed E-state index contributed by atoms with van der Waals surface area (Å²) >= 11 is 0. The van der Waals surface area contributed by atoms with Gasteiger partial charge in [-0.2, -0.15) is 0 Å². The van der Waals surface area contributed by atoms with Gasteiger partial charge in [0.25, 0.3) is 0 Å². The molecule has 0 radical (unpaired) electrons. The van der Waals surface area contributed by atoms with Crippen LogP contribution in [0.1, 0.15) is 24.2 Å². The number of hydrogen-bond acceptors (Lipinski definition) is 4. The van der Waals surface area contributed by atoms with Crippen molar-refractivity contribution >= 4 is 0 Å². The summed E-state index contributed by atoms with van der Waals surface area (Å²) in [5.41, 5.74) is 2.26. The van der Waals surface area contributed by atoms with Crippen LogP contribution in [-0.4, -0.2) is 52.1 Å². The van der Waals surface area contributed by atoms with Gasteiger partial charge >= 0.3 is 0 Å². The predicted molar refractivity (Wildman–Crippen MR) is 92.0 cm³/mol. The molecular formula is C19H25N3O. The number of aliphatic hydroxyl groups excluding tert-OH is 1. The molecule has 1 saturated heterocycles. The van der Waals surface area contributed by atoms with Gasteiger partial charge in [-0.25, -0.2) is 0 Å². The predicted octanol–water partition coefficient (Wildman–Crippen LogP) is 2.32. The van der Waals surface area contributed by atoms with Crippen LogP contribution in [0.4, 0.5) is 0 Å². The normalized spacial score (nSPS) is 21.2. The number of piperazine rings is 1. The highest BCUT2D eigenvalue weighted by atomic mass is 16.3. The van der Waals surface area contributed by atoms with Crippen LogP contribution in [0.25, 0.3) is 0 Å². The van der Waals surface area contributed by atoms with Gasteiger partial charge in [-0.3, -0.25) is 14.8 Å². The maximum absolute atomic E-state index is 10.4. The molecule has 122 valence electrons. The largest absolute Gasteiger partial charge is 0.387 e. The fourth-order valence-corrected chi connectivity index (χ4v) is 3.24. The Morgan fingerprint density at radius 2 is 2.00 bits per heavy atom. The van der Waals surface area contributed by atoms with Crippen LogP contribution in [0.15, 0.2) is 54.9 Å². The molecule has 2 heterocycles. The van der Waals surface area contributed by atoms with Gasteiger partial charge in [0.1, 0.15) is 0 Å². The second kappa shape index (κ2) is 7.68. The standard InChI is InChI=1S/C19H25N3O/c1-16-13-21(14-17-6-5-9-20-12-17)10-11-22(16)15-19(23)18-7-3-2-4-8-18/h2-9,12,16,19,23H,10-11,13-15H2,1H3/t16-,19-/m1/s1. The van der Waals surface area contributed by atoms with E-state index in [2.05, 4.69) is 27.8 Å². The van der Waals surface area contributed by atoms with Gasteiger partial charge in [0, 0.05) is 51.2 Å². The average Bonchev–Trinajstić information content (AvgIpc) is 2.59. The van der Waals surface area contributed by atoms with Crippen molar-refractivity contribution in [3.63, 3.8) is 0 Å². The number of rotatable bonds is 5. The van der Waals surface area contributed by atoms with Crippen molar-refractivity contribution in [2.24, 2.45) is 0 Å². The van der Waals surface area contributed by atoms with E-state index in [0.717, 1.165) is 31.7 Å². The van der Waals surface area contributed by atoms with Crippen LogP contribution in [0.5, 0.6) is 0 Å². The molecule has 2 aromatic rings.